The average molecular weight is 264 g/mol. The molecule has 4 heteroatoms. The zero-order valence-electron chi connectivity index (χ0n) is 11.2. The third kappa shape index (κ3) is 2.15. The van der Waals surface area contributed by atoms with Crippen molar-refractivity contribution < 1.29 is 0 Å². The molecule has 0 amide bonds. The number of aromatic nitrogens is 3. The summed E-state index contributed by atoms with van der Waals surface area (Å²) in [4.78, 5) is 0. The summed E-state index contributed by atoms with van der Waals surface area (Å²) in [5, 5.41) is 8.52. The lowest BCUT2D eigenvalue weighted by Gasteiger charge is -2.15. The smallest absolute Gasteiger partial charge is 0.164 e. The number of halogens is 1. The van der Waals surface area contributed by atoms with Crippen molar-refractivity contribution in [3.05, 3.63) is 35.2 Å². The van der Waals surface area contributed by atoms with Crippen LogP contribution in [0.15, 0.2) is 18.2 Å². The highest BCUT2D eigenvalue weighted by atomic mass is 35.5. The number of hydrogen-bond donors (Lipinski definition) is 0. The van der Waals surface area contributed by atoms with E-state index in [1.54, 1.807) is 0 Å². The molecule has 2 aromatic rings. The highest BCUT2D eigenvalue weighted by Crippen LogP contribution is 2.28. The Labute approximate surface area is 113 Å². The van der Waals surface area contributed by atoms with Crippen LogP contribution in [0.1, 0.15) is 36.8 Å². The van der Waals surface area contributed by atoms with E-state index in [1.807, 2.05) is 0 Å². The number of aryl methyl sites for hydroxylation is 2. The van der Waals surface area contributed by atoms with Gasteiger partial charge in [0.2, 0.25) is 0 Å². The number of nitrogens with zero attached hydrogens (tertiary/aromatic N) is 3. The Morgan fingerprint density at radius 1 is 1.17 bits per heavy atom. The van der Waals surface area contributed by atoms with Crippen LogP contribution in [0.2, 0.25) is 0 Å². The minimum Gasteiger partial charge on any atom is -0.307 e. The molecule has 0 radical (unpaired) electrons. The summed E-state index contributed by atoms with van der Waals surface area (Å²) < 4.78 is 2.11. The van der Waals surface area contributed by atoms with Crippen molar-refractivity contribution in [3.63, 3.8) is 0 Å². The largest absolute Gasteiger partial charge is 0.307 e. The topological polar surface area (TPSA) is 30.7 Å². The molecule has 96 valence electrons. The molecule has 3 nitrogen and oxygen atoms in total. The molecule has 0 aliphatic carbocycles. The molecule has 1 heterocycles. The van der Waals surface area contributed by atoms with Crippen LogP contribution in [0, 0.1) is 13.8 Å². The van der Waals surface area contributed by atoms with Gasteiger partial charge in [0.1, 0.15) is 5.82 Å². The molecule has 18 heavy (non-hydrogen) atoms. The van der Waals surface area contributed by atoms with E-state index in [4.69, 9.17) is 11.6 Å². The van der Waals surface area contributed by atoms with Crippen molar-refractivity contribution >= 4 is 11.6 Å². The summed E-state index contributed by atoms with van der Waals surface area (Å²) in [6, 6.07) is 6.55. The standard InChI is InChI=1S/C14H18ClN3/c1-9(2)18-12(8-15)16-17-14(18)13-10(3)6-5-7-11(13)4/h5-7,9H,8H2,1-4H3. The van der Waals surface area contributed by atoms with Gasteiger partial charge in [0.15, 0.2) is 5.82 Å². The Hall–Kier alpha value is -1.35. The van der Waals surface area contributed by atoms with E-state index in [0.29, 0.717) is 11.9 Å². The van der Waals surface area contributed by atoms with Crippen LogP contribution in [-0.2, 0) is 5.88 Å². The first-order chi connectivity index (χ1) is 8.56. The summed E-state index contributed by atoms with van der Waals surface area (Å²) >= 11 is 5.93. The van der Waals surface area contributed by atoms with Gasteiger partial charge in [-0.3, -0.25) is 0 Å². The molecular formula is C14H18ClN3. The highest BCUT2D eigenvalue weighted by Gasteiger charge is 2.18. The van der Waals surface area contributed by atoms with E-state index in [2.05, 4.69) is 60.7 Å². The van der Waals surface area contributed by atoms with E-state index < -0.39 is 0 Å². The summed E-state index contributed by atoms with van der Waals surface area (Å²) in [5.41, 5.74) is 3.59. The number of benzene rings is 1. The molecule has 0 unspecified atom stereocenters. The van der Waals surface area contributed by atoms with Gasteiger partial charge in [-0.15, -0.1) is 21.8 Å². The van der Waals surface area contributed by atoms with Gasteiger partial charge >= 0.3 is 0 Å². The first-order valence-corrected chi connectivity index (χ1v) is 6.66. The van der Waals surface area contributed by atoms with Gasteiger partial charge in [-0.25, -0.2) is 0 Å². The van der Waals surface area contributed by atoms with E-state index >= 15 is 0 Å². The SMILES string of the molecule is Cc1cccc(C)c1-c1nnc(CCl)n1C(C)C. The Morgan fingerprint density at radius 2 is 1.78 bits per heavy atom. The number of hydrogen-bond acceptors (Lipinski definition) is 2. The maximum atomic E-state index is 5.93. The Bertz CT molecular complexity index is 538. The Balaban J connectivity index is 2.68. The average Bonchev–Trinajstić information content (AvgIpc) is 2.72. The molecule has 1 aromatic heterocycles. The van der Waals surface area contributed by atoms with Crippen LogP contribution in [0.25, 0.3) is 11.4 Å². The molecule has 0 aliphatic rings. The van der Waals surface area contributed by atoms with Crippen LogP contribution in [0.4, 0.5) is 0 Å². The molecule has 1 aromatic carbocycles. The fourth-order valence-corrected chi connectivity index (χ4v) is 2.48. The van der Waals surface area contributed by atoms with Crippen molar-refractivity contribution in [2.75, 3.05) is 0 Å². The van der Waals surface area contributed by atoms with E-state index in [1.165, 1.54) is 11.1 Å². The van der Waals surface area contributed by atoms with Gasteiger partial charge in [-0.1, -0.05) is 18.2 Å². The van der Waals surface area contributed by atoms with Crippen LogP contribution in [-0.4, -0.2) is 14.8 Å². The maximum absolute atomic E-state index is 5.93. The van der Waals surface area contributed by atoms with Crippen LogP contribution in [0.5, 0.6) is 0 Å². The fraction of sp³-hybridized carbons (Fsp3) is 0.429. The first kappa shape index (κ1) is 13.1. The van der Waals surface area contributed by atoms with Crippen molar-refractivity contribution in [2.45, 2.75) is 39.6 Å². The van der Waals surface area contributed by atoms with Gasteiger partial charge in [0, 0.05) is 11.6 Å². The van der Waals surface area contributed by atoms with Crippen LogP contribution in [0.3, 0.4) is 0 Å². The fourth-order valence-electron chi connectivity index (χ4n) is 2.30. The molecule has 0 atom stereocenters. The summed E-state index contributed by atoms with van der Waals surface area (Å²) in [6.07, 6.45) is 0. The Kier molecular flexibility index (Phi) is 3.71. The van der Waals surface area contributed by atoms with E-state index in [-0.39, 0.29) is 0 Å². The summed E-state index contributed by atoms with van der Waals surface area (Å²) in [7, 11) is 0. The lowest BCUT2D eigenvalue weighted by Crippen LogP contribution is -2.08. The number of alkyl halides is 1. The molecule has 2 rings (SSSR count). The van der Waals surface area contributed by atoms with E-state index in [0.717, 1.165) is 17.2 Å². The molecule has 0 bridgehead atoms. The molecule has 0 aliphatic heterocycles. The zero-order valence-corrected chi connectivity index (χ0v) is 12.0. The van der Waals surface area contributed by atoms with Crippen molar-refractivity contribution in [3.8, 4) is 11.4 Å². The summed E-state index contributed by atoms with van der Waals surface area (Å²) in [5.74, 6) is 2.12. The minimum atomic E-state index is 0.294. The second-order valence-corrected chi connectivity index (χ2v) is 5.07. The highest BCUT2D eigenvalue weighted by molar-refractivity contribution is 6.16. The third-order valence-corrected chi connectivity index (χ3v) is 3.35. The van der Waals surface area contributed by atoms with Gasteiger partial charge in [0.05, 0.1) is 5.88 Å². The lowest BCUT2D eigenvalue weighted by molar-refractivity contribution is 0.584. The molecule has 0 fully saturated rings. The summed E-state index contributed by atoms with van der Waals surface area (Å²) in [6.45, 7) is 8.44. The second kappa shape index (κ2) is 5.11. The lowest BCUT2D eigenvalue weighted by atomic mass is 10.0. The monoisotopic (exact) mass is 263 g/mol. The minimum absolute atomic E-state index is 0.294. The van der Waals surface area contributed by atoms with Crippen LogP contribution >= 0.6 is 11.6 Å². The van der Waals surface area contributed by atoms with Crippen molar-refractivity contribution in [2.24, 2.45) is 0 Å². The molecule has 0 N–H and O–H groups in total. The number of rotatable bonds is 3. The molecular weight excluding hydrogens is 246 g/mol. The Morgan fingerprint density at radius 3 is 2.28 bits per heavy atom. The van der Waals surface area contributed by atoms with Gasteiger partial charge < -0.3 is 4.57 Å². The predicted octanol–water partition coefficient (Wildman–Crippen LogP) is 3.88. The van der Waals surface area contributed by atoms with Crippen molar-refractivity contribution in [1.82, 2.24) is 14.8 Å². The zero-order chi connectivity index (χ0) is 13.3. The second-order valence-electron chi connectivity index (χ2n) is 4.80. The molecule has 0 saturated heterocycles. The van der Waals surface area contributed by atoms with Crippen LogP contribution < -0.4 is 0 Å². The first-order valence-electron chi connectivity index (χ1n) is 6.12. The molecule has 0 saturated carbocycles. The normalized spacial score (nSPS) is 11.2. The maximum Gasteiger partial charge on any atom is 0.164 e. The quantitative estimate of drug-likeness (QED) is 0.787. The third-order valence-electron chi connectivity index (χ3n) is 3.11. The van der Waals surface area contributed by atoms with Crippen molar-refractivity contribution in [1.29, 1.82) is 0 Å². The van der Waals surface area contributed by atoms with Gasteiger partial charge in [-0.05, 0) is 38.8 Å². The molecule has 0 spiro atoms. The van der Waals surface area contributed by atoms with Gasteiger partial charge in [0.25, 0.3) is 0 Å². The predicted molar refractivity (Wildman–Crippen MR) is 74.9 cm³/mol. The van der Waals surface area contributed by atoms with Gasteiger partial charge in [-0.2, -0.15) is 0 Å². The van der Waals surface area contributed by atoms with E-state index in [9.17, 15) is 0 Å².